The van der Waals surface area contributed by atoms with E-state index in [1.807, 2.05) is 6.92 Å². The predicted molar refractivity (Wildman–Crippen MR) is 165 cm³/mol. The lowest BCUT2D eigenvalue weighted by Crippen LogP contribution is -2.51. The molecule has 9 nitrogen and oxygen atoms in total. The number of sulfonamides is 1. The van der Waals surface area contributed by atoms with Crippen LogP contribution in [-0.2, 0) is 26.2 Å². The van der Waals surface area contributed by atoms with Gasteiger partial charge in [-0.2, -0.15) is 0 Å². The second-order valence-corrected chi connectivity index (χ2v) is 12.1. The number of nitrogens with zero attached hydrogens (tertiary/aromatic N) is 2. The Balaban J connectivity index is 2.03. The average molecular weight is 637 g/mol. The summed E-state index contributed by atoms with van der Waals surface area (Å²) < 4.78 is 39.6. The van der Waals surface area contributed by atoms with E-state index in [2.05, 4.69) is 5.32 Å². The third kappa shape index (κ3) is 8.08. The molecule has 42 heavy (non-hydrogen) atoms. The number of carbonyl (C=O) groups excluding carboxylic acids is 2. The fourth-order valence-electron chi connectivity index (χ4n) is 4.18. The Morgan fingerprint density at radius 1 is 0.929 bits per heavy atom. The van der Waals surface area contributed by atoms with Crippen LogP contribution in [-0.4, -0.2) is 58.5 Å². The first-order valence-electron chi connectivity index (χ1n) is 13.3. The fraction of sp³-hybridized carbons (Fsp3) is 0.333. The summed E-state index contributed by atoms with van der Waals surface area (Å²) in [5.41, 5.74) is 0.898. The minimum atomic E-state index is -4.28. The molecule has 0 saturated carbocycles. The number of unbranched alkanes of at least 4 members (excludes halogenated alkanes) is 1. The van der Waals surface area contributed by atoms with Crippen molar-refractivity contribution in [2.45, 2.75) is 44.2 Å². The molecule has 1 N–H and O–H groups in total. The first-order chi connectivity index (χ1) is 20.0. The Labute approximate surface area is 257 Å². The first kappa shape index (κ1) is 33.0. The second-order valence-electron chi connectivity index (χ2n) is 9.45. The zero-order chi connectivity index (χ0) is 30.9. The number of carbonyl (C=O) groups is 2. The molecular formula is C30H35Cl2N3O6S. The number of hydrogen-bond donors (Lipinski definition) is 1. The van der Waals surface area contributed by atoms with Crippen molar-refractivity contribution >= 4 is 50.7 Å². The van der Waals surface area contributed by atoms with Gasteiger partial charge < -0.3 is 19.7 Å². The van der Waals surface area contributed by atoms with E-state index in [0.717, 1.165) is 17.1 Å². The highest BCUT2D eigenvalue weighted by molar-refractivity contribution is 7.92. The third-order valence-corrected chi connectivity index (χ3v) is 9.11. The molecule has 0 fully saturated rings. The van der Waals surface area contributed by atoms with Crippen LogP contribution >= 0.6 is 23.2 Å². The number of rotatable bonds is 14. The zero-order valence-electron chi connectivity index (χ0n) is 24.0. The summed E-state index contributed by atoms with van der Waals surface area (Å²) in [5, 5.41) is 3.49. The van der Waals surface area contributed by atoms with Crippen molar-refractivity contribution < 1.29 is 27.5 Å². The number of ether oxygens (including phenoxy) is 2. The van der Waals surface area contributed by atoms with Crippen molar-refractivity contribution in [3.63, 3.8) is 0 Å². The maximum atomic E-state index is 14.0. The molecule has 0 unspecified atom stereocenters. The smallest absolute Gasteiger partial charge is 0.264 e. The van der Waals surface area contributed by atoms with Gasteiger partial charge in [0.15, 0.2) is 11.5 Å². The average Bonchev–Trinajstić information content (AvgIpc) is 2.99. The summed E-state index contributed by atoms with van der Waals surface area (Å²) in [6.07, 6.45) is 1.67. The van der Waals surface area contributed by atoms with Gasteiger partial charge in [0.05, 0.1) is 34.8 Å². The van der Waals surface area contributed by atoms with Crippen LogP contribution in [0.3, 0.4) is 0 Å². The minimum absolute atomic E-state index is 0.00285. The van der Waals surface area contributed by atoms with Crippen LogP contribution in [0.4, 0.5) is 5.69 Å². The summed E-state index contributed by atoms with van der Waals surface area (Å²) >= 11 is 12.3. The van der Waals surface area contributed by atoms with Crippen LogP contribution in [0.1, 0.15) is 32.3 Å². The molecule has 226 valence electrons. The lowest BCUT2D eigenvalue weighted by molar-refractivity contribution is -0.139. The van der Waals surface area contributed by atoms with Crippen LogP contribution in [0.5, 0.6) is 11.5 Å². The maximum Gasteiger partial charge on any atom is 0.264 e. The van der Waals surface area contributed by atoms with Gasteiger partial charge in [-0.15, -0.1) is 0 Å². The monoisotopic (exact) mass is 635 g/mol. The van der Waals surface area contributed by atoms with E-state index in [4.69, 9.17) is 32.7 Å². The Morgan fingerprint density at radius 3 is 2.24 bits per heavy atom. The Hall–Kier alpha value is -3.47. The lowest BCUT2D eigenvalue weighted by Gasteiger charge is -2.32. The highest BCUT2D eigenvalue weighted by Gasteiger charge is 2.33. The van der Waals surface area contributed by atoms with Crippen LogP contribution < -0.4 is 19.1 Å². The van der Waals surface area contributed by atoms with E-state index in [1.54, 1.807) is 55.5 Å². The van der Waals surface area contributed by atoms with Crippen molar-refractivity contribution in [3.05, 3.63) is 82.3 Å². The van der Waals surface area contributed by atoms with Gasteiger partial charge in [-0.3, -0.25) is 13.9 Å². The molecule has 12 heteroatoms. The van der Waals surface area contributed by atoms with Crippen molar-refractivity contribution in [2.75, 3.05) is 31.6 Å². The summed E-state index contributed by atoms with van der Waals surface area (Å²) in [6, 6.07) is 16.5. The van der Waals surface area contributed by atoms with Gasteiger partial charge in [-0.1, -0.05) is 60.8 Å². The molecule has 3 rings (SSSR count). The molecule has 0 aliphatic carbocycles. The molecule has 0 aromatic heterocycles. The van der Waals surface area contributed by atoms with Gasteiger partial charge in [0.25, 0.3) is 10.0 Å². The standard InChI is InChI=1S/C30H35Cl2N3O6S/c1-5-6-16-33-30(37)21(2)34(19-22-12-14-25(31)26(32)17-22)29(36)20-35(23-10-8-7-9-11-23)42(38,39)24-13-15-27(40-3)28(18-24)41-4/h7-15,17-18,21H,5-6,16,19-20H2,1-4H3,(H,33,37)/t21-/m0/s1. The SMILES string of the molecule is CCCCNC(=O)[C@H](C)N(Cc1ccc(Cl)c(Cl)c1)C(=O)CN(c1ccccc1)S(=O)(=O)c1ccc(OC)c(OC)c1. The number of para-hydroxylation sites is 1. The summed E-state index contributed by atoms with van der Waals surface area (Å²) in [7, 11) is -1.43. The highest BCUT2D eigenvalue weighted by atomic mass is 35.5. The van der Waals surface area contributed by atoms with Crippen LogP contribution in [0.25, 0.3) is 0 Å². The number of amides is 2. The molecule has 1 atom stereocenters. The zero-order valence-corrected chi connectivity index (χ0v) is 26.3. The maximum absolute atomic E-state index is 14.0. The van der Waals surface area contributed by atoms with E-state index in [1.165, 1.54) is 37.3 Å². The van der Waals surface area contributed by atoms with Crippen molar-refractivity contribution in [3.8, 4) is 11.5 Å². The Bertz CT molecular complexity index is 1490. The highest BCUT2D eigenvalue weighted by Crippen LogP contribution is 2.32. The molecule has 3 aromatic rings. The van der Waals surface area contributed by atoms with Gasteiger partial charge in [-0.05, 0) is 55.3 Å². The molecule has 0 bridgehead atoms. The molecule has 0 spiro atoms. The first-order valence-corrected chi connectivity index (χ1v) is 15.5. The number of benzene rings is 3. The van der Waals surface area contributed by atoms with Gasteiger partial charge in [0.2, 0.25) is 11.8 Å². The second kappa shape index (κ2) is 15.1. The topological polar surface area (TPSA) is 105 Å². The molecule has 0 aliphatic heterocycles. The van der Waals surface area contributed by atoms with Crippen molar-refractivity contribution in [1.82, 2.24) is 10.2 Å². The minimum Gasteiger partial charge on any atom is -0.493 e. The molecular weight excluding hydrogens is 601 g/mol. The number of anilines is 1. The van der Waals surface area contributed by atoms with Gasteiger partial charge in [0, 0.05) is 19.2 Å². The molecule has 0 saturated heterocycles. The van der Waals surface area contributed by atoms with E-state index < -0.39 is 28.5 Å². The van der Waals surface area contributed by atoms with Gasteiger partial charge in [-0.25, -0.2) is 8.42 Å². The van der Waals surface area contributed by atoms with E-state index in [0.29, 0.717) is 27.9 Å². The summed E-state index contributed by atoms with van der Waals surface area (Å²) in [5.74, 6) is -0.371. The molecule has 0 aliphatic rings. The largest absolute Gasteiger partial charge is 0.493 e. The number of halogens is 2. The van der Waals surface area contributed by atoms with Gasteiger partial charge >= 0.3 is 0 Å². The van der Waals surface area contributed by atoms with Crippen LogP contribution in [0.15, 0.2) is 71.6 Å². The Kier molecular flexibility index (Phi) is 11.9. The summed E-state index contributed by atoms with van der Waals surface area (Å²) in [6.45, 7) is 3.49. The predicted octanol–water partition coefficient (Wildman–Crippen LogP) is 5.54. The van der Waals surface area contributed by atoms with Crippen LogP contribution in [0.2, 0.25) is 10.0 Å². The van der Waals surface area contributed by atoms with E-state index in [9.17, 15) is 18.0 Å². The van der Waals surface area contributed by atoms with Crippen LogP contribution in [0, 0.1) is 0 Å². The van der Waals surface area contributed by atoms with Crippen molar-refractivity contribution in [1.29, 1.82) is 0 Å². The lowest BCUT2D eigenvalue weighted by atomic mass is 10.1. The number of methoxy groups -OCH3 is 2. The molecule has 3 aromatic carbocycles. The number of hydrogen-bond acceptors (Lipinski definition) is 6. The van der Waals surface area contributed by atoms with Crippen molar-refractivity contribution in [2.24, 2.45) is 0 Å². The Morgan fingerprint density at radius 2 is 1.62 bits per heavy atom. The normalized spacial score (nSPS) is 11.9. The third-order valence-electron chi connectivity index (χ3n) is 6.60. The molecule has 2 amide bonds. The molecule has 0 radical (unpaired) electrons. The van der Waals surface area contributed by atoms with E-state index >= 15 is 0 Å². The summed E-state index contributed by atoms with van der Waals surface area (Å²) in [4.78, 5) is 28.3. The quantitative estimate of drug-likeness (QED) is 0.233. The van der Waals surface area contributed by atoms with E-state index in [-0.39, 0.29) is 28.8 Å². The number of nitrogens with one attached hydrogen (secondary N) is 1. The fourth-order valence-corrected chi connectivity index (χ4v) is 5.93. The van der Waals surface area contributed by atoms with Gasteiger partial charge in [0.1, 0.15) is 12.6 Å². The molecule has 0 heterocycles.